The maximum Gasteiger partial charge on any atom is 0.309 e. The summed E-state index contributed by atoms with van der Waals surface area (Å²) in [5, 5.41) is 0. The molecule has 0 rings (SSSR count). The quantitative estimate of drug-likeness (QED) is 0.416. The van der Waals surface area contributed by atoms with Gasteiger partial charge in [-0.15, -0.1) is 0 Å². The molecule has 0 fully saturated rings. The van der Waals surface area contributed by atoms with E-state index in [-0.39, 0.29) is 18.5 Å². The van der Waals surface area contributed by atoms with Crippen LogP contribution in [-0.2, 0) is 23.8 Å². The van der Waals surface area contributed by atoms with Crippen molar-refractivity contribution in [3.8, 4) is 0 Å². The lowest BCUT2D eigenvalue weighted by atomic mass is 10.1. The van der Waals surface area contributed by atoms with Gasteiger partial charge in [0.05, 0.1) is 18.8 Å². The SMILES string of the molecule is C[C@H](CCCOS(C)(=O)=O)C(=O)OC(C)(C)C. The van der Waals surface area contributed by atoms with Gasteiger partial charge in [0.15, 0.2) is 0 Å². The van der Waals surface area contributed by atoms with E-state index in [9.17, 15) is 13.2 Å². The topological polar surface area (TPSA) is 69.7 Å². The Hall–Kier alpha value is -0.620. The third-order valence-corrected chi connectivity index (χ3v) is 2.48. The zero-order chi connectivity index (χ0) is 13.7. The van der Waals surface area contributed by atoms with Gasteiger partial charge in [0.2, 0.25) is 0 Å². The Morgan fingerprint density at radius 2 is 1.82 bits per heavy atom. The Balaban J connectivity index is 3.87. The summed E-state index contributed by atoms with van der Waals surface area (Å²) in [6.07, 6.45) is 2.06. The number of ether oxygens (including phenoxy) is 1. The Morgan fingerprint density at radius 3 is 2.24 bits per heavy atom. The van der Waals surface area contributed by atoms with Crippen LogP contribution in [0, 0.1) is 5.92 Å². The molecule has 0 aliphatic rings. The van der Waals surface area contributed by atoms with Crippen molar-refractivity contribution in [2.75, 3.05) is 12.9 Å². The van der Waals surface area contributed by atoms with Crippen LogP contribution in [-0.4, -0.2) is 32.9 Å². The van der Waals surface area contributed by atoms with Crippen LogP contribution in [0.2, 0.25) is 0 Å². The zero-order valence-electron chi connectivity index (χ0n) is 11.1. The molecule has 0 aromatic rings. The lowest BCUT2D eigenvalue weighted by Crippen LogP contribution is -2.27. The largest absolute Gasteiger partial charge is 0.460 e. The minimum absolute atomic E-state index is 0.103. The molecule has 17 heavy (non-hydrogen) atoms. The van der Waals surface area contributed by atoms with E-state index in [2.05, 4.69) is 4.18 Å². The first kappa shape index (κ1) is 16.4. The van der Waals surface area contributed by atoms with Gasteiger partial charge in [0.1, 0.15) is 5.60 Å². The summed E-state index contributed by atoms with van der Waals surface area (Å²) >= 11 is 0. The van der Waals surface area contributed by atoms with Crippen molar-refractivity contribution in [3.63, 3.8) is 0 Å². The van der Waals surface area contributed by atoms with Crippen LogP contribution in [0.25, 0.3) is 0 Å². The number of rotatable bonds is 6. The normalized spacial score (nSPS) is 14.4. The molecule has 0 heterocycles. The molecule has 0 radical (unpaired) electrons. The lowest BCUT2D eigenvalue weighted by molar-refractivity contribution is -0.159. The minimum Gasteiger partial charge on any atom is -0.460 e. The van der Waals surface area contributed by atoms with Gasteiger partial charge in [-0.2, -0.15) is 8.42 Å². The summed E-state index contributed by atoms with van der Waals surface area (Å²) in [4.78, 5) is 11.6. The van der Waals surface area contributed by atoms with E-state index in [0.29, 0.717) is 12.8 Å². The Kier molecular flexibility index (Phi) is 6.12. The fourth-order valence-corrected chi connectivity index (χ4v) is 1.54. The van der Waals surface area contributed by atoms with Crippen LogP contribution >= 0.6 is 0 Å². The summed E-state index contributed by atoms with van der Waals surface area (Å²) in [6, 6.07) is 0. The number of carbonyl (C=O) groups is 1. The van der Waals surface area contributed by atoms with E-state index in [1.165, 1.54) is 0 Å². The summed E-state index contributed by atoms with van der Waals surface area (Å²) in [5.74, 6) is -0.519. The molecular formula is C11H22O5S. The first-order valence-corrected chi connectivity index (χ1v) is 7.40. The molecule has 0 aliphatic heterocycles. The number of esters is 1. The Morgan fingerprint density at radius 1 is 1.29 bits per heavy atom. The van der Waals surface area contributed by atoms with E-state index in [1.807, 2.05) is 20.8 Å². The highest BCUT2D eigenvalue weighted by Crippen LogP contribution is 2.14. The summed E-state index contributed by atoms with van der Waals surface area (Å²) < 4.78 is 31.1. The van der Waals surface area contributed by atoms with E-state index in [0.717, 1.165) is 6.26 Å². The van der Waals surface area contributed by atoms with Gasteiger partial charge >= 0.3 is 5.97 Å². The van der Waals surface area contributed by atoms with Crippen molar-refractivity contribution in [2.24, 2.45) is 5.92 Å². The molecule has 0 bridgehead atoms. The molecule has 0 aliphatic carbocycles. The first-order chi connectivity index (χ1) is 7.51. The predicted octanol–water partition coefficient (Wildman–Crippen LogP) is 1.72. The van der Waals surface area contributed by atoms with Crippen molar-refractivity contribution < 1.29 is 22.1 Å². The van der Waals surface area contributed by atoms with Crippen molar-refractivity contribution in [3.05, 3.63) is 0 Å². The molecular weight excluding hydrogens is 244 g/mol. The van der Waals surface area contributed by atoms with Crippen LogP contribution in [0.15, 0.2) is 0 Å². The molecule has 0 saturated carbocycles. The molecule has 0 aromatic carbocycles. The van der Waals surface area contributed by atoms with Crippen molar-refractivity contribution in [2.45, 2.75) is 46.1 Å². The van der Waals surface area contributed by atoms with Crippen LogP contribution in [0.5, 0.6) is 0 Å². The second-order valence-corrected chi connectivity index (χ2v) is 6.75. The van der Waals surface area contributed by atoms with Crippen molar-refractivity contribution in [1.82, 2.24) is 0 Å². The van der Waals surface area contributed by atoms with Gasteiger partial charge in [-0.05, 0) is 33.6 Å². The number of hydrogen-bond acceptors (Lipinski definition) is 5. The van der Waals surface area contributed by atoms with Gasteiger partial charge < -0.3 is 4.74 Å². The first-order valence-electron chi connectivity index (χ1n) is 5.58. The van der Waals surface area contributed by atoms with Crippen LogP contribution in [0.3, 0.4) is 0 Å². The number of hydrogen-bond donors (Lipinski definition) is 0. The average molecular weight is 266 g/mol. The van der Waals surface area contributed by atoms with Crippen LogP contribution in [0.1, 0.15) is 40.5 Å². The number of carbonyl (C=O) groups excluding carboxylic acids is 1. The molecule has 0 aromatic heterocycles. The second-order valence-electron chi connectivity index (χ2n) is 5.10. The highest BCUT2D eigenvalue weighted by Gasteiger charge is 2.21. The third-order valence-electron chi connectivity index (χ3n) is 1.89. The predicted molar refractivity (Wildman–Crippen MR) is 65.0 cm³/mol. The minimum atomic E-state index is -3.39. The fourth-order valence-electron chi connectivity index (χ4n) is 1.12. The second kappa shape index (κ2) is 6.35. The molecule has 102 valence electrons. The van der Waals surface area contributed by atoms with Gasteiger partial charge in [0, 0.05) is 0 Å². The molecule has 0 amide bonds. The molecule has 0 N–H and O–H groups in total. The summed E-state index contributed by atoms with van der Waals surface area (Å²) in [6.45, 7) is 7.29. The maximum atomic E-state index is 11.6. The van der Waals surface area contributed by atoms with E-state index >= 15 is 0 Å². The standard InChI is InChI=1S/C11H22O5S/c1-9(10(12)16-11(2,3)4)7-6-8-15-17(5,13)14/h9H,6-8H2,1-5H3/t9-/m1/s1. The van der Waals surface area contributed by atoms with E-state index in [4.69, 9.17) is 4.74 Å². The summed E-state index contributed by atoms with van der Waals surface area (Å²) in [7, 11) is -3.39. The van der Waals surface area contributed by atoms with Gasteiger partial charge in [-0.25, -0.2) is 0 Å². The summed E-state index contributed by atoms with van der Waals surface area (Å²) in [5.41, 5.74) is -0.491. The molecule has 0 saturated heterocycles. The van der Waals surface area contributed by atoms with Crippen molar-refractivity contribution >= 4 is 16.1 Å². The highest BCUT2D eigenvalue weighted by molar-refractivity contribution is 7.85. The molecule has 0 spiro atoms. The van der Waals surface area contributed by atoms with Gasteiger partial charge in [-0.1, -0.05) is 6.92 Å². The molecule has 5 nitrogen and oxygen atoms in total. The average Bonchev–Trinajstić information content (AvgIpc) is 2.07. The monoisotopic (exact) mass is 266 g/mol. The van der Waals surface area contributed by atoms with Crippen LogP contribution < -0.4 is 0 Å². The van der Waals surface area contributed by atoms with Gasteiger partial charge in [-0.3, -0.25) is 8.98 Å². The van der Waals surface area contributed by atoms with Gasteiger partial charge in [0.25, 0.3) is 10.1 Å². The Bertz CT molecular complexity index is 339. The molecule has 6 heteroatoms. The maximum absolute atomic E-state index is 11.6. The zero-order valence-corrected chi connectivity index (χ0v) is 12.0. The highest BCUT2D eigenvalue weighted by atomic mass is 32.2. The Labute approximate surface area is 104 Å². The fraction of sp³-hybridized carbons (Fsp3) is 0.909. The van der Waals surface area contributed by atoms with Crippen molar-refractivity contribution in [1.29, 1.82) is 0 Å². The van der Waals surface area contributed by atoms with E-state index < -0.39 is 15.7 Å². The smallest absolute Gasteiger partial charge is 0.309 e. The molecule has 0 unspecified atom stereocenters. The third kappa shape index (κ3) is 10.3. The lowest BCUT2D eigenvalue weighted by Gasteiger charge is -2.22. The van der Waals surface area contributed by atoms with Crippen LogP contribution in [0.4, 0.5) is 0 Å². The molecule has 1 atom stereocenters. The van der Waals surface area contributed by atoms with E-state index in [1.54, 1.807) is 6.92 Å².